The summed E-state index contributed by atoms with van der Waals surface area (Å²) in [6, 6.07) is 27.1. The highest BCUT2D eigenvalue weighted by molar-refractivity contribution is 14.1. The van der Waals surface area contributed by atoms with Crippen LogP contribution < -0.4 is 24.4 Å². The normalized spacial score (nSPS) is 14.7. The number of esters is 1. The van der Waals surface area contributed by atoms with Crippen molar-refractivity contribution in [2.45, 2.75) is 26.0 Å². The number of methoxy groups -OCH3 is 2. The molecule has 222 valence electrons. The van der Waals surface area contributed by atoms with E-state index in [0.717, 1.165) is 31.0 Å². The molecule has 4 aromatic carbocycles. The molecule has 0 amide bonds. The number of aromatic nitrogens is 1. The van der Waals surface area contributed by atoms with Crippen molar-refractivity contribution in [1.82, 2.24) is 4.57 Å². The second kappa shape index (κ2) is 12.8. The molecule has 0 fully saturated rings. The van der Waals surface area contributed by atoms with Gasteiger partial charge in [-0.15, -0.1) is 0 Å². The molecular weight excluding hydrogens is 687 g/mol. The van der Waals surface area contributed by atoms with Crippen molar-refractivity contribution in [3.8, 4) is 11.5 Å². The van der Waals surface area contributed by atoms with Crippen LogP contribution in [0, 0.1) is 3.57 Å². The molecule has 0 radical (unpaired) electrons. The Morgan fingerprint density at radius 1 is 1.02 bits per heavy atom. The lowest BCUT2D eigenvalue weighted by atomic mass is 9.95. The standard InChI is InChI=1S/C35H29IN2O5S/c1-4-27-30(34(40)42-3)31(23-12-6-5-7-13-23)38-33(39)29(44-35(38)37-27)19-21-17-26(36)32(28(18-21)41-2)43-20-24-15-10-14-22-11-8-9-16-25(22)24/h5-19,31H,4,20H2,1-3H3/b29-19-/t31-/m1/s1. The highest BCUT2D eigenvalue weighted by Crippen LogP contribution is 2.36. The first kappa shape index (κ1) is 29.8. The molecule has 9 heteroatoms. The van der Waals surface area contributed by atoms with Crippen molar-refractivity contribution in [1.29, 1.82) is 0 Å². The topological polar surface area (TPSA) is 79.1 Å². The second-order valence-electron chi connectivity index (χ2n) is 10.2. The van der Waals surface area contributed by atoms with Gasteiger partial charge in [0.15, 0.2) is 16.3 Å². The van der Waals surface area contributed by atoms with Crippen LogP contribution in [0.3, 0.4) is 0 Å². The van der Waals surface area contributed by atoms with Crippen molar-refractivity contribution in [3.63, 3.8) is 0 Å². The van der Waals surface area contributed by atoms with Crippen LogP contribution in [0.5, 0.6) is 11.5 Å². The number of allylic oxidation sites excluding steroid dienone is 1. The minimum atomic E-state index is -0.642. The van der Waals surface area contributed by atoms with Gasteiger partial charge in [-0.25, -0.2) is 9.79 Å². The van der Waals surface area contributed by atoms with Gasteiger partial charge in [0.2, 0.25) is 0 Å². The minimum Gasteiger partial charge on any atom is -0.493 e. The quantitative estimate of drug-likeness (QED) is 0.143. The van der Waals surface area contributed by atoms with Crippen molar-refractivity contribution in [3.05, 3.63) is 136 Å². The van der Waals surface area contributed by atoms with E-state index in [4.69, 9.17) is 19.2 Å². The summed E-state index contributed by atoms with van der Waals surface area (Å²) in [5.74, 6) is 0.714. The van der Waals surface area contributed by atoms with E-state index in [-0.39, 0.29) is 5.56 Å². The van der Waals surface area contributed by atoms with Crippen LogP contribution in [0.25, 0.3) is 16.8 Å². The van der Waals surface area contributed by atoms with Gasteiger partial charge < -0.3 is 14.2 Å². The van der Waals surface area contributed by atoms with Crippen LogP contribution in [-0.4, -0.2) is 24.8 Å². The molecule has 1 aliphatic rings. The van der Waals surface area contributed by atoms with Crippen LogP contribution in [0.4, 0.5) is 0 Å². The number of halogens is 1. The highest BCUT2D eigenvalue weighted by Gasteiger charge is 2.33. The summed E-state index contributed by atoms with van der Waals surface area (Å²) in [5, 5.41) is 2.30. The first-order chi connectivity index (χ1) is 21.4. The Bertz CT molecular complexity index is 2090. The van der Waals surface area contributed by atoms with Crippen LogP contribution in [0.1, 0.15) is 36.1 Å². The number of rotatable bonds is 8. The van der Waals surface area contributed by atoms with Gasteiger partial charge in [-0.2, -0.15) is 0 Å². The Labute approximate surface area is 271 Å². The monoisotopic (exact) mass is 716 g/mol. The number of hydrogen-bond acceptors (Lipinski definition) is 7. The van der Waals surface area contributed by atoms with Gasteiger partial charge in [-0.1, -0.05) is 91.1 Å². The lowest BCUT2D eigenvalue weighted by Gasteiger charge is -2.25. The number of ether oxygens (including phenoxy) is 3. The maximum absolute atomic E-state index is 14.0. The first-order valence-electron chi connectivity index (χ1n) is 14.1. The number of hydrogen-bond donors (Lipinski definition) is 0. The molecule has 5 aromatic rings. The molecule has 6 rings (SSSR count). The Kier molecular flexibility index (Phi) is 8.67. The van der Waals surface area contributed by atoms with E-state index in [1.54, 1.807) is 11.7 Å². The van der Waals surface area contributed by atoms with E-state index >= 15 is 0 Å². The van der Waals surface area contributed by atoms with Gasteiger partial charge in [0.05, 0.1) is 39.6 Å². The molecule has 0 N–H and O–H groups in total. The molecule has 7 nitrogen and oxygen atoms in total. The lowest BCUT2D eigenvalue weighted by Crippen LogP contribution is -2.40. The van der Waals surface area contributed by atoms with Gasteiger partial charge in [0, 0.05) is 0 Å². The summed E-state index contributed by atoms with van der Waals surface area (Å²) in [5.41, 5.74) is 3.44. The SMILES string of the molecule is CCC1=C(C(=O)OC)[C@@H](c2ccccc2)n2c(s/c(=C\c3cc(I)c(OCc4cccc5ccccc45)c(OC)c3)c2=O)=N1. The molecule has 1 atom stereocenters. The predicted octanol–water partition coefficient (Wildman–Crippen LogP) is 6.14. The molecule has 0 saturated carbocycles. The largest absolute Gasteiger partial charge is 0.493 e. The average molecular weight is 717 g/mol. The minimum absolute atomic E-state index is 0.232. The Balaban J connectivity index is 1.40. The van der Waals surface area contributed by atoms with Crippen LogP contribution in [0.2, 0.25) is 0 Å². The highest BCUT2D eigenvalue weighted by atomic mass is 127. The number of carbonyl (C=O) groups excluding carboxylic acids is 1. The maximum atomic E-state index is 14.0. The number of carbonyl (C=O) groups is 1. The van der Waals surface area contributed by atoms with Crippen molar-refractivity contribution < 1.29 is 19.0 Å². The van der Waals surface area contributed by atoms with E-state index in [1.807, 2.05) is 73.7 Å². The van der Waals surface area contributed by atoms with Crippen molar-refractivity contribution in [2.75, 3.05) is 14.2 Å². The Hall–Kier alpha value is -4.22. The van der Waals surface area contributed by atoms with E-state index in [1.165, 1.54) is 18.4 Å². The number of fused-ring (bicyclic) bond motifs is 2. The molecule has 44 heavy (non-hydrogen) atoms. The zero-order valence-corrected chi connectivity index (χ0v) is 27.3. The average Bonchev–Trinajstić information content (AvgIpc) is 3.36. The predicted molar refractivity (Wildman–Crippen MR) is 181 cm³/mol. The Morgan fingerprint density at radius 3 is 2.52 bits per heavy atom. The summed E-state index contributed by atoms with van der Waals surface area (Å²) in [6.45, 7) is 2.32. The van der Waals surface area contributed by atoms with E-state index in [2.05, 4.69) is 46.9 Å². The zero-order valence-electron chi connectivity index (χ0n) is 24.4. The fourth-order valence-electron chi connectivity index (χ4n) is 5.50. The molecule has 0 spiro atoms. The molecule has 2 heterocycles. The Morgan fingerprint density at radius 2 is 1.77 bits per heavy atom. The summed E-state index contributed by atoms with van der Waals surface area (Å²) >= 11 is 3.53. The lowest BCUT2D eigenvalue weighted by molar-refractivity contribution is -0.136. The number of nitrogens with zero attached hydrogens (tertiary/aromatic N) is 2. The molecule has 1 aromatic heterocycles. The molecule has 0 saturated heterocycles. The summed E-state index contributed by atoms with van der Waals surface area (Å²) < 4.78 is 20.1. The van der Waals surface area contributed by atoms with E-state index in [0.29, 0.717) is 45.1 Å². The fourth-order valence-corrected chi connectivity index (χ4v) is 7.30. The molecule has 0 aliphatic carbocycles. The van der Waals surface area contributed by atoms with Gasteiger partial charge in [0.25, 0.3) is 5.56 Å². The smallest absolute Gasteiger partial charge is 0.338 e. The maximum Gasteiger partial charge on any atom is 0.338 e. The zero-order chi connectivity index (χ0) is 30.8. The second-order valence-corrected chi connectivity index (χ2v) is 12.3. The van der Waals surface area contributed by atoms with Crippen LogP contribution in [0.15, 0.2) is 106 Å². The van der Waals surface area contributed by atoms with Gasteiger partial charge in [0.1, 0.15) is 6.61 Å². The fraction of sp³-hybridized carbons (Fsp3) is 0.171. The molecule has 0 unspecified atom stereocenters. The summed E-state index contributed by atoms with van der Waals surface area (Å²) in [6.07, 6.45) is 2.35. The van der Waals surface area contributed by atoms with Crippen LogP contribution >= 0.6 is 33.9 Å². The van der Waals surface area contributed by atoms with Crippen molar-refractivity contribution >= 4 is 56.7 Å². The van der Waals surface area contributed by atoms with Gasteiger partial charge in [-0.05, 0) is 74.7 Å². The first-order valence-corrected chi connectivity index (χ1v) is 16.0. The van der Waals surface area contributed by atoms with E-state index < -0.39 is 12.0 Å². The third-order valence-electron chi connectivity index (χ3n) is 7.57. The van der Waals surface area contributed by atoms with Gasteiger partial charge >= 0.3 is 5.97 Å². The third kappa shape index (κ3) is 5.57. The summed E-state index contributed by atoms with van der Waals surface area (Å²) in [7, 11) is 2.95. The molecular formula is C35H29IN2O5S. The van der Waals surface area contributed by atoms with Crippen LogP contribution in [-0.2, 0) is 16.1 Å². The van der Waals surface area contributed by atoms with Gasteiger partial charge in [-0.3, -0.25) is 9.36 Å². The molecule has 0 bridgehead atoms. The van der Waals surface area contributed by atoms with Crippen molar-refractivity contribution in [2.24, 2.45) is 4.99 Å². The third-order valence-corrected chi connectivity index (χ3v) is 9.35. The van der Waals surface area contributed by atoms with E-state index in [9.17, 15) is 9.59 Å². The summed E-state index contributed by atoms with van der Waals surface area (Å²) in [4.78, 5) is 32.3. The number of thiazole rings is 1. The molecule has 1 aliphatic heterocycles. The number of benzene rings is 4.